The summed E-state index contributed by atoms with van der Waals surface area (Å²) in [4.78, 5) is 12.1. The molecule has 0 aliphatic rings. The van der Waals surface area contributed by atoms with Crippen molar-refractivity contribution in [2.45, 2.75) is 18.2 Å². The zero-order valence-corrected chi connectivity index (χ0v) is 14.2. The van der Waals surface area contributed by atoms with Crippen LogP contribution in [0.5, 0.6) is 5.75 Å². The number of hydrogen-bond acceptors (Lipinski definition) is 4. The summed E-state index contributed by atoms with van der Waals surface area (Å²) < 4.78 is 27.7. The Balaban J connectivity index is 1.86. The first-order valence-corrected chi connectivity index (χ1v) is 9.07. The first-order chi connectivity index (χ1) is 11.4. The zero-order valence-electron chi connectivity index (χ0n) is 13.4. The summed E-state index contributed by atoms with van der Waals surface area (Å²) in [5, 5.41) is 7.87. The maximum absolute atomic E-state index is 12.0. The number of nitrogens with two attached hydrogens (primary N) is 1. The van der Waals surface area contributed by atoms with Gasteiger partial charge in [-0.2, -0.15) is 0 Å². The Hall–Kier alpha value is -2.38. The highest BCUT2D eigenvalue weighted by Crippen LogP contribution is 2.12. The largest absolute Gasteiger partial charge is 0.494 e. The van der Waals surface area contributed by atoms with Gasteiger partial charge in [0.05, 0.1) is 11.5 Å². The molecule has 0 unspecified atom stereocenters. The molecule has 0 fully saturated rings. The van der Waals surface area contributed by atoms with Gasteiger partial charge in [0.1, 0.15) is 5.75 Å². The standard InChI is InChI=1S/C17H20N2O4S/c1-2-23-15-7-5-14(6-8-15)17(20)19-12-11-13-3-9-16(10-4-13)24(18,21)22/h3-10H,2,11-12H2,1H3,(H,19,20)(H2,18,21,22). The number of benzene rings is 2. The average molecular weight is 348 g/mol. The molecule has 0 saturated carbocycles. The molecule has 1 amide bonds. The van der Waals surface area contributed by atoms with Crippen LogP contribution in [-0.2, 0) is 16.4 Å². The van der Waals surface area contributed by atoms with Gasteiger partial charge in [0, 0.05) is 12.1 Å². The molecule has 0 spiro atoms. The summed E-state index contributed by atoms with van der Waals surface area (Å²) in [6.07, 6.45) is 0.591. The van der Waals surface area contributed by atoms with Crippen molar-refractivity contribution in [3.63, 3.8) is 0 Å². The second kappa shape index (κ2) is 7.94. The van der Waals surface area contributed by atoms with E-state index in [0.29, 0.717) is 25.1 Å². The third kappa shape index (κ3) is 5.07. The monoisotopic (exact) mass is 348 g/mol. The number of ether oxygens (including phenoxy) is 1. The maximum Gasteiger partial charge on any atom is 0.251 e. The van der Waals surface area contributed by atoms with E-state index in [4.69, 9.17) is 9.88 Å². The summed E-state index contributed by atoms with van der Waals surface area (Å²) in [7, 11) is -3.68. The molecule has 6 nitrogen and oxygen atoms in total. The predicted molar refractivity (Wildman–Crippen MR) is 91.5 cm³/mol. The molecular formula is C17H20N2O4S. The summed E-state index contributed by atoms with van der Waals surface area (Å²) in [6.45, 7) is 2.92. The second-order valence-corrected chi connectivity index (χ2v) is 6.71. The van der Waals surface area contributed by atoms with E-state index in [1.165, 1.54) is 12.1 Å². The maximum atomic E-state index is 12.0. The number of primary sulfonamides is 1. The Morgan fingerprint density at radius 3 is 2.25 bits per heavy atom. The van der Waals surface area contributed by atoms with Crippen molar-refractivity contribution >= 4 is 15.9 Å². The lowest BCUT2D eigenvalue weighted by Gasteiger charge is -2.07. The topological polar surface area (TPSA) is 98.5 Å². The number of carbonyl (C=O) groups excluding carboxylic acids is 1. The van der Waals surface area contributed by atoms with Gasteiger partial charge in [0.15, 0.2) is 0 Å². The fourth-order valence-electron chi connectivity index (χ4n) is 2.14. The van der Waals surface area contributed by atoms with E-state index in [1.807, 2.05) is 6.92 Å². The highest BCUT2D eigenvalue weighted by atomic mass is 32.2. The number of carbonyl (C=O) groups is 1. The van der Waals surface area contributed by atoms with Crippen LogP contribution in [0.1, 0.15) is 22.8 Å². The van der Waals surface area contributed by atoms with Crippen molar-refractivity contribution in [1.82, 2.24) is 5.32 Å². The molecule has 2 aromatic rings. The molecule has 0 saturated heterocycles. The van der Waals surface area contributed by atoms with E-state index in [0.717, 1.165) is 11.3 Å². The smallest absolute Gasteiger partial charge is 0.251 e. The molecule has 0 aromatic heterocycles. The fourth-order valence-corrected chi connectivity index (χ4v) is 2.65. The summed E-state index contributed by atoms with van der Waals surface area (Å²) >= 11 is 0. The van der Waals surface area contributed by atoms with Gasteiger partial charge in [-0.1, -0.05) is 12.1 Å². The van der Waals surface area contributed by atoms with Crippen molar-refractivity contribution < 1.29 is 17.9 Å². The molecule has 0 aliphatic heterocycles. The fraction of sp³-hybridized carbons (Fsp3) is 0.235. The van der Waals surface area contributed by atoms with Gasteiger partial charge >= 0.3 is 0 Å². The van der Waals surface area contributed by atoms with Crippen LogP contribution in [0.3, 0.4) is 0 Å². The minimum Gasteiger partial charge on any atom is -0.494 e. The van der Waals surface area contributed by atoms with Gasteiger partial charge in [-0.05, 0) is 55.3 Å². The zero-order chi connectivity index (χ0) is 17.6. The van der Waals surface area contributed by atoms with E-state index in [-0.39, 0.29) is 10.8 Å². The molecule has 3 N–H and O–H groups in total. The van der Waals surface area contributed by atoms with Crippen LogP contribution in [0.25, 0.3) is 0 Å². The van der Waals surface area contributed by atoms with Crippen molar-refractivity contribution in [2.24, 2.45) is 5.14 Å². The molecule has 0 aliphatic carbocycles. The van der Waals surface area contributed by atoms with Crippen molar-refractivity contribution in [1.29, 1.82) is 0 Å². The highest BCUT2D eigenvalue weighted by molar-refractivity contribution is 7.89. The van der Waals surface area contributed by atoms with Crippen LogP contribution < -0.4 is 15.2 Å². The Morgan fingerprint density at radius 1 is 1.08 bits per heavy atom. The third-order valence-electron chi connectivity index (χ3n) is 3.38. The Kier molecular flexibility index (Phi) is 5.94. The Bertz CT molecular complexity index is 784. The molecule has 2 aromatic carbocycles. The number of nitrogens with one attached hydrogen (secondary N) is 1. The molecule has 0 atom stereocenters. The van der Waals surface area contributed by atoms with Gasteiger partial charge in [-0.3, -0.25) is 4.79 Å². The lowest BCUT2D eigenvalue weighted by Crippen LogP contribution is -2.25. The highest BCUT2D eigenvalue weighted by Gasteiger charge is 2.08. The van der Waals surface area contributed by atoms with Crippen LogP contribution in [0.2, 0.25) is 0 Å². The van der Waals surface area contributed by atoms with Crippen molar-refractivity contribution in [3.8, 4) is 5.75 Å². The van der Waals surface area contributed by atoms with E-state index in [9.17, 15) is 13.2 Å². The Labute approximate surface area is 141 Å². The first kappa shape index (κ1) is 18.0. The molecule has 24 heavy (non-hydrogen) atoms. The van der Waals surface area contributed by atoms with E-state index in [1.54, 1.807) is 36.4 Å². The number of rotatable bonds is 7. The van der Waals surface area contributed by atoms with Crippen LogP contribution in [-0.4, -0.2) is 27.5 Å². The number of sulfonamides is 1. The molecule has 2 rings (SSSR count). The first-order valence-electron chi connectivity index (χ1n) is 7.53. The summed E-state index contributed by atoms with van der Waals surface area (Å²) in [6, 6.07) is 13.2. The quantitative estimate of drug-likeness (QED) is 0.796. The average Bonchev–Trinajstić information content (AvgIpc) is 2.55. The van der Waals surface area contributed by atoms with Crippen molar-refractivity contribution in [2.75, 3.05) is 13.2 Å². The van der Waals surface area contributed by atoms with Crippen LogP contribution in [0.15, 0.2) is 53.4 Å². The molecule has 7 heteroatoms. The van der Waals surface area contributed by atoms with E-state index in [2.05, 4.69) is 5.32 Å². The van der Waals surface area contributed by atoms with Gasteiger partial charge < -0.3 is 10.1 Å². The van der Waals surface area contributed by atoms with Gasteiger partial charge in [0.25, 0.3) is 5.91 Å². The molecule has 0 radical (unpaired) electrons. The minimum atomic E-state index is -3.68. The van der Waals surface area contributed by atoms with Crippen molar-refractivity contribution in [3.05, 3.63) is 59.7 Å². The van der Waals surface area contributed by atoms with Gasteiger partial charge in [-0.25, -0.2) is 13.6 Å². The van der Waals surface area contributed by atoms with Gasteiger partial charge in [0.2, 0.25) is 10.0 Å². The molecule has 0 heterocycles. The lowest BCUT2D eigenvalue weighted by molar-refractivity contribution is 0.0954. The SMILES string of the molecule is CCOc1ccc(C(=O)NCCc2ccc(S(N)(=O)=O)cc2)cc1. The second-order valence-electron chi connectivity index (χ2n) is 5.15. The van der Waals surface area contributed by atoms with E-state index >= 15 is 0 Å². The lowest BCUT2D eigenvalue weighted by atomic mass is 10.1. The predicted octanol–water partition coefficient (Wildman–Crippen LogP) is 1.71. The minimum absolute atomic E-state index is 0.0738. The number of amides is 1. The van der Waals surface area contributed by atoms with Crippen LogP contribution in [0, 0.1) is 0 Å². The molecular weight excluding hydrogens is 328 g/mol. The summed E-state index contributed by atoms with van der Waals surface area (Å²) in [5.41, 5.74) is 1.47. The van der Waals surface area contributed by atoms with Gasteiger partial charge in [-0.15, -0.1) is 0 Å². The van der Waals surface area contributed by atoms with Crippen LogP contribution in [0.4, 0.5) is 0 Å². The van der Waals surface area contributed by atoms with E-state index < -0.39 is 10.0 Å². The summed E-state index contributed by atoms with van der Waals surface area (Å²) in [5.74, 6) is 0.559. The third-order valence-corrected chi connectivity index (χ3v) is 4.31. The normalized spacial score (nSPS) is 11.1. The Morgan fingerprint density at radius 2 is 1.71 bits per heavy atom. The molecule has 128 valence electrons. The van der Waals surface area contributed by atoms with Crippen LogP contribution >= 0.6 is 0 Å². The number of hydrogen-bond donors (Lipinski definition) is 2. The molecule has 0 bridgehead atoms.